The summed E-state index contributed by atoms with van der Waals surface area (Å²) >= 11 is 4.01. The number of nitrogens with one attached hydrogen (secondary N) is 3. The minimum Gasteiger partial charge on any atom is -0.480 e. The molecule has 0 radical (unpaired) electrons. The standard InChI is InChI=1S/C16H20N4O4S/c17-11(5-9-6-18-12-4-2-1-3-10(9)12)15(23)20-13(8-25)16(24)19-7-14(21)22/h1-4,6,11,13,18,25H,5,7-8,17H2,(H,19,24)(H,20,23)(H,21,22)/t11-,13-/m0/s1. The van der Waals surface area contributed by atoms with Crippen molar-refractivity contribution in [2.75, 3.05) is 12.3 Å². The molecule has 2 atom stereocenters. The van der Waals surface area contributed by atoms with Gasteiger partial charge in [-0.15, -0.1) is 0 Å². The van der Waals surface area contributed by atoms with Crippen molar-refractivity contribution >= 4 is 41.3 Å². The number of carboxylic acids is 1. The molecule has 0 saturated carbocycles. The minimum atomic E-state index is -1.17. The Kier molecular flexibility index (Phi) is 6.43. The van der Waals surface area contributed by atoms with Gasteiger partial charge < -0.3 is 26.5 Å². The van der Waals surface area contributed by atoms with E-state index < -0.39 is 36.4 Å². The van der Waals surface area contributed by atoms with Crippen molar-refractivity contribution in [3.8, 4) is 0 Å². The van der Waals surface area contributed by atoms with Gasteiger partial charge in [0.05, 0.1) is 6.04 Å². The molecule has 0 saturated heterocycles. The van der Waals surface area contributed by atoms with E-state index in [1.807, 2.05) is 24.3 Å². The largest absolute Gasteiger partial charge is 0.480 e. The number of carboxylic acid groups (broad SMARTS) is 1. The van der Waals surface area contributed by atoms with Crippen molar-refractivity contribution in [1.29, 1.82) is 0 Å². The number of aromatic amines is 1. The number of aromatic nitrogens is 1. The molecule has 2 rings (SSSR count). The zero-order valence-electron chi connectivity index (χ0n) is 13.4. The van der Waals surface area contributed by atoms with Crippen LogP contribution in [0.15, 0.2) is 30.5 Å². The van der Waals surface area contributed by atoms with E-state index in [1.54, 1.807) is 6.20 Å². The summed E-state index contributed by atoms with van der Waals surface area (Å²) in [7, 11) is 0. The molecule has 9 heteroatoms. The fourth-order valence-corrected chi connectivity index (χ4v) is 2.65. The van der Waals surface area contributed by atoms with Gasteiger partial charge in [0.2, 0.25) is 11.8 Å². The number of benzene rings is 1. The molecule has 25 heavy (non-hydrogen) atoms. The first kappa shape index (κ1) is 18.8. The molecule has 6 N–H and O–H groups in total. The number of H-pyrrole nitrogens is 1. The summed E-state index contributed by atoms with van der Waals surface area (Å²) in [4.78, 5) is 37.7. The lowest BCUT2D eigenvalue weighted by atomic mass is 10.0. The lowest BCUT2D eigenvalue weighted by molar-refractivity contribution is -0.138. The van der Waals surface area contributed by atoms with E-state index in [4.69, 9.17) is 10.8 Å². The van der Waals surface area contributed by atoms with Gasteiger partial charge in [0, 0.05) is 22.9 Å². The van der Waals surface area contributed by atoms with Crippen LogP contribution in [0.1, 0.15) is 5.56 Å². The Bertz CT molecular complexity index is 776. The first-order valence-corrected chi connectivity index (χ1v) is 8.27. The summed E-state index contributed by atoms with van der Waals surface area (Å²) in [6.45, 7) is -0.527. The highest BCUT2D eigenvalue weighted by molar-refractivity contribution is 7.80. The molecule has 0 aliphatic rings. The predicted molar refractivity (Wildman–Crippen MR) is 96.4 cm³/mol. The molecule has 0 fully saturated rings. The predicted octanol–water partition coefficient (Wildman–Crippen LogP) is -0.347. The van der Waals surface area contributed by atoms with Gasteiger partial charge in [-0.3, -0.25) is 14.4 Å². The van der Waals surface area contributed by atoms with Crippen LogP contribution in [-0.2, 0) is 20.8 Å². The Morgan fingerprint density at radius 1 is 1.24 bits per heavy atom. The zero-order chi connectivity index (χ0) is 18.4. The van der Waals surface area contributed by atoms with Crippen LogP contribution in [0.2, 0.25) is 0 Å². The second kappa shape index (κ2) is 8.54. The van der Waals surface area contributed by atoms with Gasteiger partial charge in [-0.1, -0.05) is 18.2 Å². The number of carbonyl (C=O) groups is 3. The topological polar surface area (TPSA) is 137 Å². The first-order chi connectivity index (χ1) is 11.9. The number of fused-ring (bicyclic) bond motifs is 1. The third-order valence-corrected chi connectivity index (χ3v) is 4.05. The van der Waals surface area contributed by atoms with Gasteiger partial charge in [-0.05, 0) is 18.1 Å². The molecule has 134 valence electrons. The Hall–Kier alpha value is -2.52. The van der Waals surface area contributed by atoms with E-state index >= 15 is 0 Å². The lowest BCUT2D eigenvalue weighted by Crippen LogP contribution is -2.53. The fraction of sp³-hybridized carbons (Fsp3) is 0.312. The van der Waals surface area contributed by atoms with Crippen molar-refractivity contribution in [2.24, 2.45) is 5.73 Å². The van der Waals surface area contributed by atoms with Crippen LogP contribution >= 0.6 is 12.6 Å². The van der Waals surface area contributed by atoms with E-state index in [1.165, 1.54) is 0 Å². The fourth-order valence-electron chi connectivity index (χ4n) is 2.39. The van der Waals surface area contributed by atoms with E-state index in [2.05, 4.69) is 28.2 Å². The van der Waals surface area contributed by atoms with E-state index in [0.717, 1.165) is 16.5 Å². The number of aliphatic carboxylic acids is 1. The highest BCUT2D eigenvalue weighted by atomic mass is 32.1. The van der Waals surface area contributed by atoms with Crippen LogP contribution < -0.4 is 16.4 Å². The molecule has 0 aliphatic carbocycles. The number of thiol groups is 1. The molecular formula is C16H20N4O4S. The van der Waals surface area contributed by atoms with Crippen LogP contribution in [0, 0.1) is 0 Å². The smallest absolute Gasteiger partial charge is 0.322 e. The number of rotatable bonds is 8. The molecule has 8 nitrogen and oxygen atoms in total. The molecule has 2 amide bonds. The molecular weight excluding hydrogens is 344 g/mol. The summed E-state index contributed by atoms with van der Waals surface area (Å²) in [6, 6.07) is 5.85. The lowest BCUT2D eigenvalue weighted by Gasteiger charge is -2.18. The monoisotopic (exact) mass is 364 g/mol. The molecule has 1 aromatic heterocycles. The number of para-hydroxylation sites is 1. The normalized spacial score (nSPS) is 13.2. The van der Waals surface area contributed by atoms with Crippen molar-refractivity contribution in [1.82, 2.24) is 15.6 Å². The van der Waals surface area contributed by atoms with Gasteiger partial charge in [-0.25, -0.2) is 0 Å². The van der Waals surface area contributed by atoms with Crippen molar-refractivity contribution < 1.29 is 19.5 Å². The van der Waals surface area contributed by atoms with E-state index in [0.29, 0.717) is 6.42 Å². The number of hydrogen-bond acceptors (Lipinski definition) is 5. The van der Waals surface area contributed by atoms with Crippen LogP contribution in [0.5, 0.6) is 0 Å². The molecule has 0 aliphatic heterocycles. The van der Waals surface area contributed by atoms with Crippen LogP contribution in [-0.4, -0.2) is 52.3 Å². The molecule has 1 aromatic carbocycles. The minimum absolute atomic E-state index is 0.0248. The van der Waals surface area contributed by atoms with Crippen molar-refractivity contribution in [3.63, 3.8) is 0 Å². The van der Waals surface area contributed by atoms with Gasteiger partial charge >= 0.3 is 5.97 Å². The molecule has 0 bridgehead atoms. The third kappa shape index (κ3) is 4.97. The summed E-state index contributed by atoms with van der Waals surface area (Å²) in [5.41, 5.74) is 7.80. The quantitative estimate of drug-likeness (QED) is 0.356. The van der Waals surface area contributed by atoms with Crippen LogP contribution in [0.25, 0.3) is 10.9 Å². The molecule has 0 spiro atoms. The van der Waals surface area contributed by atoms with E-state index in [9.17, 15) is 14.4 Å². The maximum Gasteiger partial charge on any atom is 0.322 e. The summed E-state index contributed by atoms with van der Waals surface area (Å²) < 4.78 is 0. The number of hydrogen-bond donors (Lipinski definition) is 6. The Labute approximate surface area is 149 Å². The average molecular weight is 364 g/mol. The third-order valence-electron chi connectivity index (χ3n) is 3.68. The highest BCUT2D eigenvalue weighted by Crippen LogP contribution is 2.18. The van der Waals surface area contributed by atoms with E-state index in [-0.39, 0.29) is 5.75 Å². The maximum absolute atomic E-state index is 12.2. The molecule has 0 unspecified atom stereocenters. The summed E-state index contributed by atoms with van der Waals surface area (Å²) in [5, 5.41) is 14.2. The Balaban J connectivity index is 1.96. The Morgan fingerprint density at radius 2 is 1.96 bits per heavy atom. The van der Waals surface area contributed by atoms with Crippen molar-refractivity contribution in [3.05, 3.63) is 36.0 Å². The zero-order valence-corrected chi connectivity index (χ0v) is 14.3. The SMILES string of the molecule is N[C@@H](Cc1c[nH]c2ccccc12)C(=O)N[C@@H](CS)C(=O)NCC(=O)O. The van der Waals surface area contributed by atoms with Crippen LogP contribution in [0.4, 0.5) is 0 Å². The van der Waals surface area contributed by atoms with Crippen molar-refractivity contribution in [2.45, 2.75) is 18.5 Å². The number of carbonyl (C=O) groups excluding carboxylic acids is 2. The Morgan fingerprint density at radius 3 is 2.64 bits per heavy atom. The second-order valence-corrected chi connectivity index (χ2v) is 5.89. The summed E-state index contributed by atoms with van der Waals surface area (Å²) in [5.74, 6) is -2.27. The van der Waals surface area contributed by atoms with Gasteiger partial charge in [0.25, 0.3) is 0 Å². The van der Waals surface area contributed by atoms with Crippen LogP contribution in [0.3, 0.4) is 0 Å². The average Bonchev–Trinajstić information content (AvgIpc) is 3.00. The number of amides is 2. The molecule has 1 heterocycles. The first-order valence-electron chi connectivity index (χ1n) is 7.63. The maximum atomic E-state index is 12.2. The second-order valence-electron chi connectivity index (χ2n) is 5.53. The van der Waals surface area contributed by atoms with Gasteiger partial charge in [0.15, 0.2) is 0 Å². The summed E-state index contributed by atoms with van der Waals surface area (Å²) in [6.07, 6.45) is 2.10. The molecule has 2 aromatic rings. The van der Waals surface area contributed by atoms with Gasteiger partial charge in [-0.2, -0.15) is 12.6 Å². The number of nitrogens with two attached hydrogens (primary N) is 1. The highest BCUT2D eigenvalue weighted by Gasteiger charge is 2.23. The van der Waals surface area contributed by atoms with Gasteiger partial charge in [0.1, 0.15) is 12.6 Å².